The fourth-order valence-corrected chi connectivity index (χ4v) is 5.60. The third-order valence-corrected chi connectivity index (χ3v) is 7.59. The zero-order valence-corrected chi connectivity index (χ0v) is 17.4. The van der Waals surface area contributed by atoms with Crippen molar-refractivity contribution in [2.24, 2.45) is 0 Å². The molecule has 0 amide bonds. The second kappa shape index (κ2) is 7.39. The molecule has 0 atom stereocenters. The van der Waals surface area contributed by atoms with E-state index in [4.69, 9.17) is 23.2 Å². The lowest BCUT2D eigenvalue weighted by Crippen LogP contribution is -2.49. The van der Waals surface area contributed by atoms with Crippen LogP contribution < -0.4 is 4.90 Å². The van der Waals surface area contributed by atoms with Crippen molar-refractivity contribution in [2.45, 2.75) is 25.7 Å². The molecule has 0 aromatic heterocycles. The number of halogens is 2. The van der Waals surface area contributed by atoms with Crippen LogP contribution in [0.5, 0.6) is 0 Å². The zero-order valence-electron chi connectivity index (χ0n) is 15.1. The predicted octanol–water partition coefficient (Wildman–Crippen LogP) is 4.43. The normalized spacial score (nSPS) is 16.1. The molecule has 0 bridgehead atoms. The molecule has 2 aromatic rings. The summed E-state index contributed by atoms with van der Waals surface area (Å²) in [4.78, 5) is 2.49. The summed E-state index contributed by atoms with van der Waals surface area (Å²) < 4.78 is 27.6. The van der Waals surface area contributed by atoms with Crippen molar-refractivity contribution in [3.05, 3.63) is 57.1 Å². The molecule has 140 valence electrons. The van der Waals surface area contributed by atoms with Crippen LogP contribution >= 0.6 is 23.2 Å². The quantitative estimate of drug-likeness (QED) is 0.748. The van der Waals surface area contributed by atoms with Gasteiger partial charge in [-0.3, -0.25) is 0 Å². The van der Waals surface area contributed by atoms with Crippen molar-refractivity contribution < 1.29 is 8.42 Å². The summed E-state index contributed by atoms with van der Waals surface area (Å²) in [6, 6.07) is 9.27. The number of hydrogen-bond donors (Lipinski definition) is 0. The van der Waals surface area contributed by atoms with Crippen molar-refractivity contribution in [2.75, 3.05) is 31.1 Å². The SMILES string of the molecule is Cc1cc(Cl)c(Cl)cc1S(=O)(=O)N1CCN(c2c(C)cccc2C)CC1. The fraction of sp³-hybridized carbons (Fsp3) is 0.368. The molecule has 3 rings (SSSR count). The molecule has 1 heterocycles. The molecule has 2 aromatic carbocycles. The predicted molar refractivity (Wildman–Crippen MR) is 108 cm³/mol. The molecule has 7 heteroatoms. The van der Waals surface area contributed by atoms with Gasteiger partial charge in [0.2, 0.25) is 10.0 Å². The van der Waals surface area contributed by atoms with E-state index in [0.717, 1.165) is 0 Å². The summed E-state index contributed by atoms with van der Waals surface area (Å²) in [6.45, 7) is 8.11. The van der Waals surface area contributed by atoms with Crippen LogP contribution in [0.15, 0.2) is 35.2 Å². The Kier molecular flexibility index (Phi) is 5.54. The Bertz CT molecular complexity index is 917. The monoisotopic (exact) mass is 412 g/mol. The Morgan fingerprint density at radius 1 is 0.846 bits per heavy atom. The average Bonchev–Trinajstić information content (AvgIpc) is 2.58. The second-order valence-corrected chi connectivity index (χ2v) is 9.38. The lowest BCUT2D eigenvalue weighted by atomic mass is 10.1. The summed E-state index contributed by atoms with van der Waals surface area (Å²) in [5.74, 6) is 0. The molecular formula is C19H22Cl2N2O2S. The molecule has 1 saturated heterocycles. The van der Waals surface area contributed by atoms with Crippen molar-refractivity contribution in [1.29, 1.82) is 0 Å². The van der Waals surface area contributed by atoms with E-state index >= 15 is 0 Å². The molecule has 0 saturated carbocycles. The van der Waals surface area contributed by atoms with Crippen LogP contribution in [0, 0.1) is 20.8 Å². The Labute approximate surface area is 165 Å². The van der Waals surface area contributed by atoms with Gasteiger partial charge in [0.1, 0.15) is 0 Å². The van der Waals surface area contributed by atoms with Gasteiger partial charge < -0.3 is 4.90 Å². The van der Waals surface area contributed by atoms with E-state index < -0.39 is 10.0 Å². The lowest BCUT2D eigenvalue weighted by Gasteiger charge is -2.37. The minimum absolute atomic E-state index is 0.229. The molecule has 0 aliphatic carbocycles. The number of sulfonamides is 1. The van der Waals surface area contributed by atoms with Gasteiger partial charge in [-0.2, -0.15) is 4.31 Å². The average molecular weight is 413 g/mol. The number of para-hydroxylation sites is 1. The first kappa shape index (κ1) is 19.5. The number of piperazine rings is 1. The van der Waals surface area contributed by atoms with Crippen molar-refractivity contribution >= 4 is 38.9 Å². The fourth-order valence-electron chi connectivity index (χ4n) is 3.50. The van der Waals surface area contributed by atoms with E-state index in [1.165, 1.54) is 27.2 Å². The van der Waals surface area contributed by atoms with Crippen LogP contribution in [0.4, 0.5) is 5.69 Å². The highest BCUT2D eigenvalue weighted by Gasteiger charge is 2.30. The van der Waals surface area contributed by atoms with Gasteiger partial charge in [0.25, 0.3) is 0 Å². The summed E-state index contributed by atoms with van der Waals surface area (Å²) in [5, 5.41) is 0.618. The van der Waals surface area contributed by atoms with Crippen molar-refractivity contribution in [1.82, 2.24) is 4.31 Å². The molecular weight excluding hydrogens is 391 g/mol. The number of aryl methyl sites for hydroxylation is 3. The highest BCUT2D eigenvalue weighted by Crippen LogP contribution is 2.31. The van der Waals surface area contributed by atoms with Gasteiger partial charge in [-0.15, -0.1) is 0 Å². The third-order valence-electron chi connectivity index (χ3n) is 4.83. The second-order valence-electron chi connectivity index (χ2n) is 6.66. The maximum atomic E-state index is 13.1. The Morgan fingerprint density at radius 3 is 1.96 bits per heavy atom. The Hall–Kier alpha value is -1.27. The van der Waals surface area contributed by atoms with E-state index in [1.54, 1.807) is 13.0 Å². The Balaban J connectivity index is 1.82. The van der Waals surface area contributed by atoms with Gasteiger partial charge in [0.05, 0.1) is 14.9 Å². The number of benzene rings is 2. The molecule has 0 radical (unpaired) electrons. The lowest BCUT2D eigenvalue weighted by molar-refractivity contribution is 0.384. The number of nitrogens with zero attached hydrogens (tertiary/aromatic N) is 2. The summed E-state index contributed by atoms with van der Waals surface area (Å²) in [5.41, 5.74) is 4.23. The Morgan fingerprint density at radius 2 is 1.38 bits per heavy atom. The van der Waals surface area contributed by atoms with Crippen LogP contribution in [0.25, 0.3) is 0 Å². The smallest absolute Gasteiger partial charge is 0.243 e. The van der Waals surface area contributed by atoms with Crippen molar-refractivity contribution in [3.63, 3.8) is 0 Å². The molecule has 0 spiro atoms. The van der Waals surface area contributed by atoms with E-state index in [-0.39, 0.29) is 9.92 Å². The van der Waals surface area contributed by atoms with Crippen LogP contribution in [-0.2, 0) is 10.0 Å². The molecule has 0 unspecified atom stereocenters. The molecule has 0 N–H and O–H groups in total. The molecule has 1 fully saturated rings. The minimum atomic E-state index is -3.59. The van der Waals surface area contributed by atoms with Gasteiger partial charge in [-0.25, -0.2) is 8.42 Å². The topological polar surface area (TPSA) is 40.6 Å². The molecule has 26 heavy (non-hydrogen) atoms. The van der Waals surface area contributed by atoms with Gasteiger partial charge >= 0.3 is 0 Å². The van der Waals surface area contributed by atoms with Gasteiger partial charge in [-0.1, -0.05) is 41.4 Å². The summed E-state index contributed by atoms with van der Waals surface area (Å²) in [6.07, 6.45) is 0. The van der Waals surface area contributed by atoms with Crippen LogP contribution in [-0.4, -0.2) is 38.9 Å². The maximum absolute atomic E-state index is 13.1. The van der Waals surface area contributed by atoms with E-state index in [9.17, 15) is 8.42 Å². The highest BCUT2D eigenvalue weighted by atomic mass is 35.5. The minimum Gasteiger partial charge on any atom is -0.368 e. The van der Waals surface area contributed by atoms with Crippen LogP contribution in [0.1, 0.15) is 16.7 Å². The van der Waals surface area contributed by atoms with Crippen LogP contribution in [0.3, 0.4) is 0 Å². The standard InChI is InChI=1S/C19H22Cl2N2O2S/c1-13-5-4-6-14(2)19(13)22-7-9-23(10-8-22)26(24,25)18-12-17(21)16(20)11-15(18)3/h4-6,11-12H,7-10H2,1-3H3. The first-order valence-electron chi connectivity index (χ1n) is 8.49. The van der Waals surface area contributed by atoms with E-state index in [1.807, 2.05) is 6.07 Å². The van der Waals surface area contributed by atoms with Crippen molar-refractivity contribution in [3.8, 4) is 0 Å². The first-order valence-corrected chi connectivity index (χ1v) is 10.7. The van der Waals surface area contributed by atoms with Crippen LogP contribution in [0.2, 0.25) is 10.0 Å². The van der Waals surface area contributed by atoms with Gasteiger partial charge in [0.15, 0.2) is 0 Å². The summed E-state index contributed by atoms with van der Waals surface area (Å²) >= 11 is 12.0. The summed E-state index contributed by atoms with van der Waals surface area (Å²) in [7, 11) is -3.59. The van der Waals surface area contributed by atoms with Gasteiger partial charge in [-0.05, 0) is 49.6 Å². The largest absolute Gasteiger partial charge is 0.368 e. The number of hydrogen-bond acceptors (Lipinski definition) is 3. The first-order chi connectivity index (χ1) is 12.2. The molecule has 1 aliphatic rings. The molecule has 4 nitrogen and oxygen atoms in total. The van der Waals surface area contributed by atoms with E-state index in [2.05, 4.69) is 30.9 Å². The molecule has 1 aliphatic heterocycles. The number of anilines is 1. The third kappa shape index (κ3) is 3.58. The highest BCUT2D eigenvalue weighted by molar-refractivity contribution is 7.89. The maximum Gasteiger partial charge on any atom is 0.243 e. The number of rotatable bonds is 3. The zero-order chi connectivity index (χ0) is 19.1. The van der Waals surface area contributed by atoms with Gasteiger partial charge in [0, 0.05) is 31.9 Å². The van der Waals surface area contributed by atoms with E-state index in [0.29, 0.717) is 36.8 Å².